The number of aromatic nitrogens is 1. The van der Waals surface area contributed by atoms with Crippen molar-refractivity contribution in [1.82, 2.24) is 4.98 Å². The van der Waals surface area contributed by atoms with Crippen molar-refractivity contribution >= 4 is 37.9 Å². The van der Waals surface area contributed by atoms with Gasteiger partial charge in [0.2, 0.25) is 0 Å². The predicted octanol–water partition coefficient (Wildman–Crippen LogP) is 14.5. The lowest BCUT2D eigenvalue weighted by molar-refractivity contribution is 0.591. The average molecular weight is 662 g/mol. The molecule has 7 aromatic rings. The monoisotopic (exact) mass is 661 g/mol. The molecule has 1 nitrogen and oxygen atoms in total. The Balaban J connectivity index is 1.25. The minimum absolute atomic E-state index is 0.0853. The Bertz CT molecular complexity index is 2430. The average Bonchev–Trinajstić information content (AvgIpc) is 3.17. The highest BCUT2D eigenvalue weighted by molar-refractivity contribution is 6.27. The minimum Gasteiger partial charge on any atom is -0.265 e. The van der Waals surface area contributed by atoms with Gasteiger partial charge in [-0.05, 0) is 138 Å². The Morgan fingerprint density at radius 3 is 1.75 bits per heavy atom. The third-order valence-electron chi connectivity index (χ3n) is 11.0. The summed E-state index contributed by atoms with van der Waals surface area (Å²) in [5.41, 5.74) is 14.6. The summed E-state index contributed by atoms with van der Waals surface area (Å²) in [5, 5.41) is 8.12. The highest BCUT2D eigenvalue weighted by Gasteiger charge is 2.21. The zero-order chi connectivity index (χ0) is 35.1. The second-order valence-electron chi connectivity index (χ2n) is 15.4. The lowest BCUT2D eigenvalue weighted by Gasteiger charge is -2.24. The number of benzene rings is 6. The zero-order valence-corrected chi connectivity index (χ0v) is 30.7. The van der Waals surface area contributed by atoms with E-state index in [-0.39, 0.29) is 5.41 Å². The van der Waals surface area contributed by atoms with Crippen LogP contribution in [0.5, 0.6) is 0 Å². The largest absolute Gasteiger partial charge is 0.265 e. The van der Waals surface area contributed by atoms with E-state index in [1.165, 1.54) is 113 Å². The first-order valence-corrected chi connectivity index (χ1v) is 18.7. The first kappa shape index (κ1) is 32.9. The summed E-state index contributed by atoms with van der Waals surface area (Å²) >= 11 is 0. The normalized spacial score (nSPS) is 14.0. The molecule has 0 atom stereocenters. The fourth-order valence-electron chi connectivity index (χ4n) is 7.94. The summed E-state index contributed by atoms with van der Waals surface area (Å²) in [7, 11) is 0. The van der Waals surface area contributed by atoms with Gasteiger partial charge in [-0.1, -0.05) is 149 Å². The molecule has 8 rings (SSSR count). The van der Waals surface area contributed by atoms with Crippen LogP contribution in [-0.2, 0) is 5.41 Å². The van der Waals surface area contributed by atoms with Crippen LogP contribution in [0.15, 0.2) is 145 Å². The molecule has 6 aromatic carbocycles. The minimum atomic E-state index is 0.0853. The number of hydrogen-bond donors (Lipinski definition) is 0. The zero-order valence-electron chi connectivity index (χ0n) is 30.7. The van der Waals surface area contributed by atoms with Crippen LogP contribution in [0.1, 0.15) is 77.8 Å². The van der Waals surface area contributed by atoms with E-state index in [0.29, 0.717) is 0 Å². The molecule has 1 aliphatic rings. The predicted molar refractivity (Wildman–Crippen MR) is 222 cm³/mol. The Labute approximate surface area is 303 Å². The molecule has 0 radical (unpaired) electrons. The quantitative estimate of drug-likeness (QED) is 0.117. The summed E-state index contributed by atoms with van der Waals surface area (Å²) in [6.07, 6.45) is 16.7. The molecule has 0 amide bonds. The number of nitrogens with zero attached hydrogens (tertiary/aromatic N) is 1. The van der Waals surface area contributed by atoms with Crippen LogP contribution in [0.4, 0.5) is 0 Å². The van der Waals surface area contributed by atoms with Gasteiger partial charge in [-0.25, -0.2) is 0 Å². The summed E-state index contributed by atoms with van der Waals surface area (Å²) < 4.78 is 0. The fourth-order valence-corrected chi connectivity index (χ4v) is 7.94. The van der Waals surface area contributed by atoms with Crippen LogP contribution in [-0.4, -0.2) is 4.98 Å². The van der Waals surface area contributed by atoms with Crippen LogP contribution in [0.3, 0.4) is 0 Å². The Morgan fingerprint density at radius 1 is 0.627 bits per heavy atom. The molecule has 0 unspecified atom stereocenters. The van der Waals surface area contributed by atoms with Crippen molar-refractivity contribution in [2.24, 2.45) is 0 Å². The molecule has 0 spiro atoms. The van der Waals surface area contributed by atoms with Crippen LogP contribution < -0.4 is 0 Å². The van der Waals surface area contributed by atoms with E-state index in [9.17, 15) is 0 Å². The van der Waals surface area contributed by atoms with Crippen LogP contribution in [0, 0.1) is 0 Å². The molecule has 1 heteroatoms. The van der Waals surface area contributed by atoms with Gasteiger partial charge < -0.3 is 0 Å². The topological polar surface area (TPSA) is 12.9 Å². The van der Waals surface area contributed by atoms with Crippen molar-refractivity contribution in [1.29, 1.82) is 0 Å². The van der Waals surface area contributed by atoms with E-state index in [1.54, 1.807) is 0 Å². The molecule has 1 aliphatic carbocycles. The molecule has 0 N–H and O–H groups in total. The van der Waals surface area contributed by atoms with Gasteiger partial charge in [0, 0.05) is 12.4 Å². The lowest BCUT2D eigenvalue weighted by Crippen LogP contribution is -2.10. The van der Waals surface area contributed by atoms with Crippen molar-refractivity contribution in [2.75, 3.05) is 0 Å². The molecule has 0 fully saturated rings. The summed E-state index contributed by atoms with van der Waals surface area (Å²) in [6.45, 7) is 11.5. The number of unbranched alkanes of at least 4 members (excludes halogenated alkanes) is 2. The van der Waals surface area contributed by atoms with E-state index in [1.807, 2.05) is 12.4 Å². The van der Waals surface area contributed by atoms with Gasteiger partial charge in [0.05, 0.1) is 0 Å². The van der Waals surface area contributed by atoms with Crippen molar-refractivity contribution in [3.05, 3.63) is 156 Å². The van der Waals surface area contributed by atoms with Crippen molar-refractivity contribution in [3.63, 3.8) is 0 Å². The number of pyridine rings is 1. The Hall–Kier alpha value is -5.27. The molecule has 252 valence electrons. The summed E-state index contributed by atoms with van der Waals surface area (Å²) in [4.78, 5) is 4.17. The molecular formula is C50H47N. The molecule has 0 saturated heterocycles. The lowest BCUT2D eigenvalue weighted by atomic mass is 9.80. The molecule has 1 aromatic heterocycles. The molecule has 0 saturated carbocycles. The van der Waals surface area contributed by atoms with E-state index < -0.39 is 0 Å². The standard InChI is InChI=1S/C50H47N/c1-6-7-8-9-33(2)34-10-18-39(19-11-34)46-32-47(40-20-16-36(17-21-40)35-12-14-37(15-13-35)38-26-28-51-29-27-38)45-25-23-42-31-43(50(3,4)5)30-41-22-24-44(46)49(45)48(41)42/h9-10,12-18,20-32H,6-8,11,19H2,1-5H3/b33-9+. The maximum atomic E-state index is 4.17. The van der Waals surface area contributed by atoms with E-state index in [4.69, 9.17) is 0 Å². The summed E-state index contributed by atoms with van der Waals surface area (Å²) in [6, 6.07) is 39.0. The molecule has 51 heavy (non-hydrogen) atoms. The first-order valence-electron chi connectivity index (χ1n) is 18.7. The van der Waals surface area contributed by atoms with Crippen LogP contribution in [0.25, 0.3) is 71.3 Å². The molecule has 0 aliphatic heterocycles. The maximum Gasteiger partial charge on any atom is 0.0273 e. The van der Waals surface area contributed by atoms with Gasteiger partial charge >= 0.3 is 0 Å². The second kappa shape index (κ2) is 13.5. The third-order valence-corrected chi connectivity index (χ3v) is 11.0. The fraction of sp³-hybridized carbons (Fsp3) is 0.220. The Morgan fingerprint density at radius 2 is 1.20 bits per heavy atom. The molecule has 1 heterocycles. The van der Waals surface area contributed by atoms with Gasteiger partial charge in [0.15, 0.2) is 0 Å². The van der Waals surface area contributed by atoms with E-state index in [2.05, 4.69) is 161 Å². The maximum absolute atomic E-state index is 4.17. The van der Waals surface area contributed by atoms with Crippen LogP contribution in [0.2, 0.25) is 0 Å². The SMILES string of the molecule is CCCC/C=C(\C)C1=CC=C(c2cc(-c3ccc(-c4ccc(-c5ccncc5)cc4)cc3)c3ccc4cc(C(C)(C)C)cc5ccc2c3c54)CC1. The third kappa shape index (κ3) is 6.31. The van der Waals surface area contributed by atoms with Crippen molar-refractivity contribution < 1.29 is 0 Å². The Kier molecular flexibility index (Phi) is 8.68. The van der Waals surface area contributed by atoms with Gasteiger partial charge in [-0.15, -0.1) is 0 Å². The summed E-state index contributed by atoms with van der Waals surface area (Å²) in [5.74, 6) is 0. The smallest absolute Gasteiger partial charge is 0.0273 e. The number of hydrogen-bond acceptors (Lipinski definition) is 1. The van der Waals surface area contributed by atoms with Crippen molar-refractivity contribution in [2.45, 2.75) is 72.1 Å². The number of rotatable bonds is 8. The van der Waals surface area contributed by atoms with E-state index >= 15 is 0 Å². The van der Waals surface area contributed by atoms with Crippen LogP contribution >= 0.6 is 0 Å². The van der Waals surface area contributed by atoms with Gasteiger partial charge in [0.1, 0.15) is 0 Å². The first-order chi connectivity index (χ1) is 24.8. The highest BCUT2D eigenvalue weighted by Crippen LogP contribution is 2.45. The van der Waals surface area contributed by atoms with Crippen molar-refractivity contribution in [3.8, 4) is 33.4 Å². The van der Waals surface area contributed by atoms with Gasteiger partial charge in [-0.3, -0.25) is 4.98 Å². The van der Waals surface area contributed by atoms with E-state index in [0.717, 1.165) is 12.8 Å². The second-order valence-corrected chi connectivity index (χ2v) is 15.4. The highest BCUT2D eigenvalue weighted by atomic mass is 14.6. The molecule has 0 bridgehead atoms. The number of allylic oxidation sites excluding steroid dienone is 6. The molecular weight excluding hydrogens is 615 g/mol. The van der Waals surface area contributed by atoms with Gasteiger partial charge in [-0.2, -0.15) is 0 Å². The van der Waals surface area contributed by atoms with Gasteiger partial charge in [0.25, 0.3) is 0 Å².